The summed E-state index contributed by atoms with van der Waals surface area (Å²) in [5.41, 5.74) is 4.44. The van der Waals surface area contributed by atoms with E-state index in [1.165, 1.54) is 6.07 Å². The Bertz CT molecular complexity index is 1070. The third-order valence-corrected chi connectivity index (χ3v) is 7.76. The minimum absolute atomic E-state index is 0.123. The highest BCUT2D eigenvalue weighted by molar-refractivity contribution is 7.61. The first-order valence-corrected chi connectivity index (χ1v) is 13.0. The number of nitrogens with zero attached hydrogens (tertiary/aromatic N) is 2. The standard InChI is InChI=1S/C15H25N3O16P2/c16-7-1-2-18(15(25)17-7)13-11(23)9(21)6(31-13)4-30-35(26,27)34-36(28,29)33-14-12(24)10(22)8(20)5(3-19)32-14/h1-2,5-6,8-14,19-24H,3-4H2,(H,26,27)(H,28,29)(H2,16,17,25). The molecule has 11 unspecified atom stereocenters. The second kappa shape index (κ2) is 11.2. The number of ether oxygens (including phenoxy) is 2. The normalized spacial score (nSPS) is 38.4. The van der Waals surface area contributed by atoms with Crippen LogP contribution in [-0.4, -0.2) is 112 Å². The van der Waals surface area contributed by atoms with Crippen LogP contribution in [0.1, 0.15) is 6.23 Å². The third kappa shape index (κ3) is 6.54. The van der Waals surface area contributed by atoms with E-state index < -0.39 is 89.8 Å². The summed E-state index contributed by atoms with van der Waals surface area (Å²) in [5, 5.41) is 58.7. The lowest BCUT2D eigenvalue weighted by Gasteiger charge is -2.39. The molecule has 3 rings (SSSR count). The lowest BCUT2D eigenvalue weighted by Crippen LogP contribution is -2.58. The third-order valence-electron chi connectivity index (χ3n) is 5.16. The fourth-order valence-corrected chi connectivity index (χ4v) is 5.50. The molecule has 11 atom stereocenters. The summed E-state index contributed by atoms with van der Waals surface area (Å²) in [6, 6.07) is 1.21. The molecule has 36 heavy (non-hydrogen) atoms. The van der Waals surface area contributed by atoms with Gasteiger partial charge in [-0.25, -0.2) is 13.9 Å². The van der Waals surface area contributed by atoms with Crippen molar-refractivity contribution in [2.75, 3.05) is 18.9 Å². The van der Waals surface area contributed by atoms with Crippen molar-refractivity contribution in [1.29, 1.82) is 0 Å². The fraction of sp³-hybridized carbons (Fsp3) is 0.733. The van der Waals surface area contributed by atoms with E-state index in [1.807, 2.05) is 0 Å². The number of nitrogens with two attached hydrogens (primary N) is 1. The maximum absolute atomic E-state index is 12.2. The molecule has 0 spiro atoms. The van der Waals surface area contributed by atoms with Gasteiger partial charge in [-0.15, -0.1) is 0 Å². The summed E-state index contributed by atoms with van der Waals surface area (Å²) in [6.07, 6.45) is -15.0. The number of phosphoric ester groups is 2. The molecule has 2 aliphatic rings. The van der Waals surface area contributed by atoms with E-state index in [-0.39, 0.29) is 5.82 Å². The van der Waals surface area contributed by atoms with Gasteiger partial charge < -0.3 is 55.6 Å². The number of aliphatic hydroxyl groups excluding tert-OH is 6. The second-order valence-corrected chi connectivity index (χ2v) is 10.7. The van der Waals surface area contributed by atoms with E-state index in [2.05, 4.69) is 18.3 Å². The number of hydrogen-bond acceptors (Lipinski definition) is 16. The summed E-state index contributed by atoms with van der Waals surface area (Å²) in [6.45, 7) is -1.89. The average molecular weight is 565 g/mol. The Morgan fingerprint density at radius 3 is 2.22 bits per heavy atom. The largest absolute Gasteiger partial charge is 0.483 e. The van der Waals surface area contributed by atoms with Crippen LogP contribution in [0.2, 0.25) is 0 Å². The van der Waals surface area contributed by atoms with Crippen molar-refractivity contribution in [2.24, 2.45) is 0 Å². The first-order valence-electron chi connectivity index (χ1n) is 10.0. The van der Waals surface area contributed by atoms with Crippen LogP contribution >= 0.6 is 15.6 Å². The molecule has 0 bridgehead atoms. The smallest absolute Gasteiger partial charge is 0.394 e. The quantitative estimate of drug-likeness (QED) is 0.127. The molecule has 2 fully saturated rings. The van der Waals surface area contributed by atoms with E-state index in [9.17, 15) is 49.2 Å². The molecule has 0 radical (unpaired) electrons. The lowest BCUT2D eigenvalue weighted by atomic mass is 10.00. The molecule has 1 aromatic heterocycles. The van der Waals surface area contributed by atoms with Gasteiger partial charge >= 0.3 is 21.3 Å². The van der Waals surface area contributed by atoms with Crippen LogP contribution in [0.5, 0.6) is 0 Å². The predicted octanol–water partition coefficient (Wildman–Crippen LogP) is -4.50. The van der Waals surface area contributed by atoms with Crippen LogP contribution in [0.25, 0.3) is 0 Å². The molecule has 21 heteroatoms. The van der Waals surface area contributed by atoms with Crippen LogP contribution in [0.15, 0.2) is 17.1 Å². The molecule has 0 saturated carbocycles. The molecule has 0 amide bonds. The van der Waals surface area contributed by atoms with Gasteiger partial charge in [0.05, 0.1) is 13.2 Å². The molecule has 0 aromatic carbocycles. The van der Waals surface area contributed by atoms with E-state index >= 15 is 0 Å². The van der Waals surface area contributed by atoms with Crippen LogP contribution in [-0.2, 0) is 32.0 Å². The molecular formula is C15H25N3O16P2. The van der Waals surface area contributed by atoms with Gasteiger partial charge in [0.2, 0.25) is 0 Å². The van der Waals surface area contributed by atoms with Crippen molar-refractivity contribution in [3.05, 3.63) is 22.7 Å². The van der Waals surface area contributed by atoms with Gasteiger partial charge in [-0.05, 0) is 6.07 Å². The maximum Gasteiger partial charge on any atom is 0.483 e. The van der Waals surface area contributed by atoms with Gasteiger partial charge in [0.15, 0.2) is 12.5 Å². The Morgan fingerprint density at radius 1 is 0.972 bits per heavy atom. The minimum Gasteiger partial charge on any atom is -0.394 e. The van der Waals surface area contributed by atoms with Crippen LogP contribution in [0.3, 0.4) is 0 Å². The van der Waals surface area contributed by atoms with Crippen molar-refractivity contribution in [3.63, 3.8) is 0 Å². The van der Waals surface area contributed by atoms with E-state index in [0.717, 1.165) is 10.8 Å². The Balaban J connectivity index is 1.61. The Morgan fingerprint density at radius 2 is 1.61 bits per heavy atom. The van der Waals surface area contributed by atoms with Crippen LogP contribution < -0.4 is 11.4 Å². The van der Waals surface area contributed by atoms with Crippen molar-refractivity contribution in [2.45, 2.75) is 55.2 Å². The molecule has 2 aliphatic heterocycles. The van der Waals surface area contributed by atoms with Crippen LogP contribution in [0.4, 0.5) is 5.82 Å². The zero-order valence-electron chi connectivity index (χ0n) is 18.0. The monoisotopic (exact) mass is 565 g/mol. The number of phosphoric acid groups is 2. The Hall–Kier alpha value is -1.38. The second-order valence-electron chi connectivity index (χ2n) is 7.71. The zero-order chi connectivity index (χ0) is 27.0. The van der Waals surface area contributed by atoms with Crippen molar-refractivity contribution >= 4 is 21.5 Å². The highest BCUT2D eigenvalue weighted by Crippen LogP contribution is 2.61. The predicted molar refractivity (Wildman–Crippen MR) is 110 cm³/mol. The molecule has 3 heterocycles. The number of rotatable bonds is 9. The molecule has 0 aliphatic carbocycles. The van der Waals surface area contributed by atoms with E-state index in [4.69, 9.17) is 20.3 Å². The fourth-order valence-electron chi connectivity index (χ4n) is 3.34. The Labute approximate surface area is 201 Å². The maximum atomic E-state index is 12.2. The van der Waals surface area contributed by atoms with Gasteiger partial charge in [-0.3, -0.25) is 13.6 Å². The van der Waals surface area contributed by atoms with Gasteiger partial charge in [-0.1, -0.05) is 0 Å². The molecule has 206 valence electrons. The summed E-state index contributed by atoms with van der Waals surface area (Å²) in [4.78, 5) is 35.0. The molecule has 2 saturated heterocycles. The first-order chi connectivity index (χ1) is 16.7. The lowest BCUT2D eigenvalue weighted by molar-refractivity contribution is -0.280. The number of aromatic nitrogens is 2. The molecule has 19 nitrogen and oxygen atoms in total. The van der Waals surface area contributed by atoms with Crippen molar-refractivity contribution < 1.29 is 72.4 Å². The minimum atomic E-state index is -5.58. The summed E-state index contributed by atoms with van der Waals surface area (Å²) in [5.74, 6) is -0.123. The number of hydrogen-bond donors (Lipinski definition) is 9. The van der Waals surface area contributed by atoms with Gasteiger partial charge in [-0.2, -0.15) is 9.29 Å². The Kier molecular flexibility index (Phi) is 9.05. The van der Waals surface area contributed by atoms with Gasteiger partial charge in [0.1, 0.15) is 48.5 Å². The van der Waals surface area contributed by atoms with Crippen molar-refractivity contribution in [3.8, 4) is 0 Å². The SMILES string of the molecule is Nc1ccn(C2OC(COP(=O)(O)OP(=O)(O)OC3OC(CO)C(O)C(O)C3O)C(O)C2O)c(=O)n1. The summed E-state index contributed by atoms with van der Waals surface area (Å²) in [7, 11) is -11.0. The average Bonchev–Trinajstić information content (AvgIpc) is 3.06. The van der Waals surface area contributed by atoms with Crippen molar-refractivity contribution in [1.82, 2.24) is 9.55 Å². The molecule has 10 N–H and O–H groups in total. The first kappa shape index (κ1) is 29.2. The number of aliphatic hydroxyl groups is 6. The number of anilines is 1. The van der Waals surface area contributed by atoms with Gasteiger partial charge in [0, 0.05) is 6.20 Å². The zero-order valence-corrected chi connectivity index (χ0v) is 19.8. The topological polar surface area (TPSA) is 303 Å². The summed E-state index contributed by atoms with van der Waals surface area (Å²) >= 11 is 0. The highest BCUT2D eigenvalue weighted by Gasteiger charge is 2.49. The molecular weight excluding hydrogens is 540 g/mol. The van der Waals surface area contributed by atoms with Gasteiger partial charge in [0.25, 0.3) is 0 Å². The van der Waals surface area contributed by atoms with Crippen LogP contribution in [0, 0.1) is 0 Å². The highest BCUT2D eigenvalue weighted by atomic mass is 31.3. The number of nitrogen functional groups attached to an aromatic ring is 1. The summed E-state index contributed by atoms with van der Waals surface area (Å²) < 4.78 is 48.3. The molecule has 1 aromatic rings. The van der Waals surface area contributed by atoms with E-state index in [1.54, 1.807) is 0 Å². The van der Waals surface area contributed by atoms with E-state index in [0.29, 0.717) is 0 Å².